The molecule has 7 nitrogen and oxygen atoms in total. The van der Waals surface area contributed by atoms with Crippen molar-refractivity contribution in [3.8, 4) is 0 Å². The van der Waals surface area contributed by atoms with Gasteiger partial charge in [0.1, 0.15) is 5.69 Å². The van der Waals surface area contributed by atoms with Gasteiger partial charge in [0, 0.05) is 13.0 Å². The number of aromatic nitrogens is 2. The van der Waals surface area contributed by atoms with E-state index < -0.39 is 10.2 Å². The summed E-state index contributed by atoms with van der Waals surface area (Å²) in [4.78, 5) is 0. The Morgan fingerprint density at radius 3 is 2.92 bits per heavy atom. The molecule has 0 aliphatic carbocycles. The molecule has 0 aliphatic rings. The molecule has 0 atom stereocenters. The molecule has 0 radical (unpaired) electrons. The molecule has 0 saturated heterocycles. The van der Waals surface area contributed by atoms with Crippen molar-refractivity contribution in [1.82, 2.24) is 15.0 Å². The van der Waals surface area contributed by atoms with Crippen LogP contribution in [0.5, 0.6) is 0 Å². The molecule has 1 aromatic heterocycles. The zero-order valence-corrected chi connectivity index (χ0v) is 6.91. The SMILES string of the molecule is NS(=O)(=O)NCCc1cnon1. The van der Waals surface area contributed by atoms with Crippen LogP contribution in [0.15, 0.2) is 10.8 Å². The molecule has 8 heteroatoms. The first kappa shape index (κ1) is 9.10. The van der Waals surface area contributed by atoms with Gasteiger partial charge >= 0.3 is 0 Å². The lowest BCUT2D eigenvalue weighted by atomic mass is 10.3. The van der Waals surface area contributed by atoms with Gasteiger partial charge in [0.2, 0.25) is 0 Å². The Balaban J connectivity index is 2.29. The van der Waals surface area contributed by atoms with Gasteiger partial charge in [-0.05, 0) is 0 Å². The second kappa shape index (κ2) is 3.61. The van der Waals surface area contributed by atoms with Crippen LogP contribution in [-0.4, -0.2) is 25.3 Å². The Hall–Kier alpha value is -0.990. The highest BCUT2D eigenvalue weighted by atomic mass is 32.2. The van der Waals surface area contributed by atoms with Gasteiger partial charge in [0.15, 0.2) is 0 Å². The molecule has 1 rings (SSSR count). The normalized spacial score (nSPS) is 11.8. The summed E-state index contributed by atoms with van der Waals surface area (Å²) >= 11 is 0. The zero-order chi connectivity index (χ0) is 9.03. The van der Waals surface area contributed by atoms with E-state index in [4.69, 9.17) is 0 Å². The van der Waals surface area contributed by atoms with Crippen LogP contribution in [-0.2, 0) is 16.6 Å². The molecule has 0 fully saturated rings. The smallest absolute Gasteiger partial charge is 0.244 e. The number of hydrogen-bond donors (Lipinski definition) is 2. The summed E-state index contributed by atoms with van der Waals surface area (Å²) in [6.07, 6.45) is 1.81. The standard InChI is InChI=1S/C4H8N4O3S/c5-12(9,10)7-2-1-4-3-6-11-8-4/h3,7H,1-2H2,(H2,5,9,10). The highest BCUT2D eigenvalue weighted by Gasteiger charge is 2.01. The molecule has 0 unspecified atom stereocenters. The van der Waals surface area contributed by atoms with Gasteiger partial charge in [0.05, 0.1) is 6.20 Å². The third kappa shape index (κ3) is 3.42. The molecule has 0 amide bonds. The molecule has 1 aromatic rings. The van der Waals surface area contributed by atoms with Crippen LogP contribution in [0.1, 0.15) is 5.69 Å². The van der Waals surface area contributed by atoms with E-state index in [0.717, 1.165) is 0 Å². The monoisotopic (exact) mass is 192 g/mol. The van der Waals surface area contributed by atoms with Crippen molar-refractivity contribution in [2.45, 2.75) is 6.42 Å². The lowest BCUT2D eigenvalue weighted by molar-refractivity contribution is 0.303. The number of rotatable bonds is 4. The first-order valence-electron chi connectivity index (χ1n) is 3.12. The van der Waals surface area contributed by atoms with Crippen LogP contribution in [0.4, 0.5) is 0 Å². The third-order valence-electron chi connectivity index (χ3n) is 1.09. The van der Waals surface area contributed by atoms with E-state index in [1.807, 2.05) is 0 Å². The van der Waals surface area contributed by atoms with Crippen LogP contribution in [0, 0.1) is 0 Å². The van der Waals surface area contributed by atoms with E-state index in [0.29, 0.717) is 12.1 Å². The number of nitrogens with one attached hydrogen (secondary N) is 1. The van der Waals surface area contributed by atoms with Gasteiger partial charge in [-0.1, -0.05) is 10.3 Å². The minimum Gasteiger partial charge on any atom is -0.244 e. The van der Waals surface area contributed by atoms with Crippen molar-refractivity contribution in [2.24, 2.45) is 5.14 Å². The first-order chi connectivity index (χ1) is 5.58. The fourth-order valence-corrected chi connectivity index (χ4v) is 1.00. The van der Waals surface area contributed by atoms with Crippen molar-refractivity contribution in [3.63, 3.8) is 0 Å². The summed E-state index contributed by atoms with van der Waals surface area (Å²) in [7, 11) is -3.61. The average Bonchev–Trinajstić information content (AvgIpc) is 2.36. The van der Waals surface area contributed by atoms with Crippen molar-refractivity contribution < 1.29 is 13.0 Å². The summed E-state index contributed by atoms with van der Waals surface area (Å²) in [6.45, 7) is 0.188. The van der Waals surface area contributed by atoms with Crippen LogP contribution in [0.3, 0.4) is 0 Å². The maximum atomic E-state index is 10.4. The highest BCUT2D eigenvalue weighted by molar-refractivity contribution is 7.87. The molecule has 0 aromatic carbocycles. The molecular formula is C4H8N4O3S. The third-order valence-corrected chi connectivity index (χ3v) is 1.70. The predicted octanol–water partition coefficient (Wildman–Crippen LogP) is -1.59. The van der Waals surface area contributed by atoms with Crippen molar-refractivity contribution in [2.75, 3.05) is 6.54 Å². The van der Waals surface area contributed by atoms with E-state index in [-0.39, 0.29) is 6.54 Å². The molecule has 0 spiro atoms. The summed E-state index contributed by atoms with van der Waals surface area (Å²) < 4.78 is 27.1. The fourth-order valence-electron chi connectivity index (χ4n) is 0.616. The maximum absolute atomic E-state index is 10.4. The first-order valence-corrected chi connectivity index (χ1v) is 4.66. The molecular weight excluding hydrogens is 184 g/mol. The zero-order valence-electron chi connectivity index (χ0n) is 6.10. The van der Waals surface area contributed by atoms with Gasteiger partial charge < -0.3 is 0 Å². The van der Waals surface area contributed by atoms with Gasteiger partial charge in [-0.3, -0.25) is 0 Å². The van der Waals surface area contributed by atoms with Gasteiger partial charge in [-0.15, -0.1) is 0 Å². The summed E-state index contributed by atoms with van der Waals surface area (Å²) in [5.74, 6) is 0. The number of nitrogens with two attached hydrogens (primary N) is 1. The van der Waals surface area contributed by atoms with Crippen molar-refractivity contribution in [1.29, 1.82) is 0 Å². The minimum atomic E-state index is -3.61. The number of hydrogen-bond acceptors (Lipinski definition) is 5. The lowest BCUT2D eigenvalue weighted by Crippen LogP contribution is -2.32. The van der Waals surface area contributed by atoms with Gasteiger partial charge in [0.25, 0.3) is 10.2 Å². The molecule has 3 N–H and O–H groups in total. The van der Waals surface area contributed by atoms with Gasteiger partial charge in [-0.2, -0.15) is 8.42 Å². The second-order valence-electron chi connectivity index (χ2n) is 2.09. The largest absolute Gasteiger partial charge is 0.274 e. The molecule has 0 saturated carbocycles. The Bertz CT molecular complexity index is 318. The highest BCUT2D eigenvalue weighted by Crippen LogP contribution is 1.90. The Kier molecular flexibility index (Phi) is 2.74. The van der Waals surface area contributed by atoms with Crippen LogP contribution in [0.25, 0.3) is 0 Å². The topological polar surface area (TPSA) is 111 Å². The van der Waals surface area contributed by atoms with Crippen molar-refractivity contribution in [3.05, 3.63) is 11.9 Å². The Morgan fingerprint density at radius 1 is 1.67 bits per heavy atom. The average molecular weight is 192 g/mol. The van der Waals surface area contributed by atoms with E-state index in [1.165, 1.54) is 6.20 Å². The molecule has 0 aliphatic heterocycles. The summed E-state index contributed by atoms with van der Waals surface area (Å²) in [5.41, 5.74) is 0.575. The van der Waals surface area contributed by atoms with Crippen LogP contribution >= 0.6 is 0 Å². The quantitative estimate of drug-likeness (QED) is 0.597. The Labute approximate surface area is 69.1 Å². The van der Waals surface area contributed by atoms with Crippen LogP contribution in [0.2, 0.25) is 0 Å². The summed E-state index contributed by atoms with van der Waals surface area (Å²) in [6, 6.07) is 0. The van der Waals surface area contributed by atoms with E-state index in [9.17, 15) is 8.42 Å². The van der Waals surface area contributed by atoms with E-state index >= 15 is 0 Å². The molecule has 12 heavy (non-hydrogen) atoms. The molecule has 68 valence electrons. The van der Waals surface area contributed by atoms with Crippen molar-refractivity contribution >= 4 is 10.2 Å². The fraction of sp³-hybridized carbons (Fsp3) is 0.500. The van der Waals surface area contributed by atoms with Crippen LogP contribution < -0.4 is 9.86 Å². The lowest BCUT2D eigenvalue weighted by Gasteiger charge is -1.97. The van der Waals surface area contributed by atoms with Gasteiger partial charge in [-0.25, -0.2) is 14.5 Å². The number of nitrogens with zero attached hydrogens (tertiary/aromatic N) is 2. The molecule has 0 bridgehead atoms. The maximum Gasteiger partial charge on any atom is 0.274 e. The Morgan fingerprint density at radius 2 is 2.42 bits per heavy atom. The second-order valence-corrected chi connectivity index (χ2v) is 3.47. The van der Waals surface area contributed by atoms with E-state index in [2.05, 4.69) is 24.8 Å². The summed E-state index contributed by atoms with van der Waals surface area (Å²) in [5, 5.41) is 11.5. The van der Waals surface area contributed by atoms with E-state index in [1.54, 1.807) is 0 Å². The predicted molar refractivity (Wildman–Crippen MR) is 39.1 cm³/mol. The molecule has 1 heterocycles. The minimum absolute atomic E-state index is 0.188.